The summed E-state index contributed by atoms with van der Waals surface area (Å²) in [6.45, 7) is 12.2. The molecule has 0 unspecified atom stereocenters. The van der Waals surface area contributed by atoms with Crippen molar-refractivity contribution < 1.29 is 8.42 Å². The Balaban J connectivity index is 0.00000288. The lowest BCUT2D eigenvalue weighted by atomic mass is 9.95. The van der Waals surface area contributed by atoms with E-state index in [2.05, 4.69) is 12.2 Å². The summed E-state index contributed by atoms with van der Waals surface area (Å²) in [6.07, 6.45) is 1.87. The van der Waals surface area contributed by atoms with Gasteiger partial charge in [-0.25, -0.2) is 8.42 Å². The zero-order chi connectivity index (χ0) is 17.4. The van der Waals surface area contributed by atoms with Crippen molar-refractivity contribution in [3.63, 3.8) is 0 Å². The number of nitrogens with one attached hydrogen (secondary N) is 1. The fourth-order valence-electron chi connectivity index (χ4n) is 3.62. The number of sulfonamides is 1. The third-order valence-corrected chi connectivity index (χ3v) is 7.77. The second-order valence-corrected chi connectivity index (χ2v) is 8.73. The van der Waals surface area contributed by atoms with Crippen LogP contribution in [0.2, 0.25) is 0 Å². The molecule has 0 saturated carbocycles. The normalized spacial score (nSPS) is 16.9. The molecular formula is C18H31ClN2O2S. The van der Waals surface area contributed by atoms with Crippen LogP contribution in [0.5, 0.6) is 0 Å². The van der Waals surface area contributed by atoms with E-state index < -0.39 is 10.0 Å². The van der Waals surface area contributed by atoms with Gasteiger partial charge in [-0.3, -0.25) is 0 Å². The molecule has 2 rings (SSSR count). The smallest absolute Gasteiger partial charge is 0.243 e. The Hall–Kier alpha value is -0.620. The molecule has 1 saturated heterocycles. The molecule has 0 spiro atoms. The minimum atomic E-state index is -3.41. The van der Waals surface area contributed by atoms with Crippen molar-refractivity contribution in [1.82, 2.24) is 9.62 Å². The number of hydrogen-bond acceptors (Lipinski definition) is 3. The third kappa shape index (κ3) is 3.79. The molecule has 1 aliphatic rings. The van der Waals surface area contributed by atoms with E-state index in [1.165, 1.54) is 5.56 Å². The zero-order valence-corrected chi connectivity index (χ0v) is 17.3. The van der Waals surface area contributed by atoms with Crippen molar-refractivity contribution in [2.75, 3.05) is 26.7 Å². The predicted molar refractivity (Wildman–Crippen MR) is 103 cm³/mol. The minimum Gasteiger partial charge on any atom is -0.319 e. The fraction of sp³-hybridized carbons (Fsp3) is 0.667. The Bertz CT molecular complexity index is 664. The summed E-state index contributed by atoms with van der Waals surface area (Å²) < 4.78 is 28.1. The van der Waals surface area contributed by atoms with Gasteiger partial charge in [0, 0.05) is 13.1 Å². The molecule has 0 aromatic heterocycles. The Morgan fingerprint density at radius 2 is 1.33 bits per heavy atom. The summed E-state index contributed by atoms with van der Waals surface area (Å²) in [5, 5.41) is 3.19. The largest absolute Gasteiger partial charge is 0.319 e. The summed E-state index contributed by atoms with van der Waals surface area (Å²) >= 11 is 0. The number of benzene rings is 1. The van der Waals surface area contributed by atoms with Crippen LogP contribution in [-0.2, 0) is 10.0 Å². The van der Waals surface area contributed by atoms with E-state index in [9.17, 15) is 8.42 Å². The van der Waals surface area contributed by atoms with Gasteiger partial charge >= 0.3 is 0 Å². The van der Waals surface area contributed by atoms with Gasteiger partial charge in [-0.05, 0) is 94.8 Å². The molecule has 4 nitrogen and oxygen atoms in total. The van der Waals surface area contributed by atoms with Crippen LogP contribution >= 0.6 is 12.4 Å². The zero-order valence-electron chi connectivity index (χ0n) is 15.7. The lowest BCUT2D eigenvalue weighted by molar-refractivity contribution is 0.270. The van der Waals surface area contributed by atoms with Crippen molar-refractivity contribution in [2.45, 2.75) is 52.4 Å². The average Bonchev–Trinajstić information content (AvgIpc) is 2.52. The van der Waals surface area contributed by atoms with Gasteiger partial charge in [0.25, 0.3) is 0 Å². The highest BCUT2D eigenvalue weighted by molar-refractivity contribution is 7.89. The van der Waals surface area contributed by atoms with Crippen molar-refractivity contribution in [2.24, 2.45) is 5.92 Å². The molecule has 1 aliphatic heterocycles. The van der Waals surface area contributed by atoms with Crippen LogP contribution in [0.3, 0.4) is 0 Å². The van der Waals surface area contributed by atoms with E-state index >= 15 is 0 Å². The van der Waals surface area contributed by atoms with Gasteiger partial charge in [0.2, 0.25) is 10.0 Å². The molecule has 1 N–H and O–H groups in total. The highest BCUT2D eigenvalue weighted by Gasteiger charge is 2.32. The van der Waals surface area contributed by atoms with E-state index in [0.717, 1.165) is 41.6 Å². The second kappa shape index (κ2) is 8.17. The SMILES string of the molecule is CNCC1CCN(S(=O)(=O)c2c(C)c(C)c(C)c(C)c2C)CC1.Cl. The number of piperidine rings is 1. The van der Waals surface area contributed by atoms with Gasteiger partial charge in [-0.15, -0.1) is 12.4 Å². The van der Waals surface area contributed by atoms with Crippen LogP contribution in [-0.4, -0.2) is 39.4 Å². The Kier molecular flexibility index (Phi) is 7.29. The molecule has 0 aliphatic carbocycles. The number of hydrogen-bond donors (Lipinski definition) is 1. The molecule has 24 heavy (non-hydrogen) atoms. The van der Waals surface area contributed by atoms with Gasteiger partial charge in [-0.2, -0.15) is 4.31 Å². The van der Waals surface area contributed by atoms with Gasteiger partial charge in [0.15, 0.2) is 0 Å². The van der Waals surface area contributed by atoms with E-state index in [0.29, 0.717) is 23.9 Å². The van der Waals surface area contributed by atoms with Crippen LogP contribution < -0.4 is 5.32 Å². The summed E-state index contributed by atoms with van der Waals surface area (Å²) in [7, 11) is -1.46. The van der Waals surface area contributed by atoms with Gasteiger partial charge in [0.05, 0.1) is 4.90 Å². The molecule has 138 valence electrons. The van der Waals surface area contributed by atoms with E-state index in [1.54, 1.807) is 4.31 Å². The topological polar surface area (TPSA) is 49.4 Å². The Labute approximate surface area is 153 Å². The number of halogens is 1. The maximum atomic E-state index is 13.2. The maximum absolute atomic E-state index is 13.2. The van der Waals surface area contributed by atoms with E-state index in [4.69, 9.17) is 0 Å². The summed E-state index contributed by atoms with van der Waals surface area (Å²) in [4.78, 5) is 0.533. The second-order valence-electron chi connectivity index (χ2n) is 6.86. The number of nitrogens with zero attached hydrogens (tertiary/aromatic N) is 1. The Morgan fingerprint density at radius 1 is 0.917 bits per heavy atom. The first-order chi connectivity index (χ1) is 10.7. The molecule has 1 heterocycles. The standard InChI is InChI=1S/C18H30N2O2S.ClH/c1-12-13(2)15(4)18(16(5)14(12)3)23(21,22)20-9-7-17(8-10-20)11-19-6;/h17,19H,7-11H2,1-6H3;1H. The third-order valence-electron chi connectivity index (χ3n) is 5.60. The first-order valence-corrected chi connectivity index (χ1v) is 9.87. The van der Waals surface area contributed by atoms with Crippen molar-refractivity contribution in [3.8, 4) is 0 Å². The predicted octanol–water partition coefficient (Wildman–Crippen LogP) is 3.27. The molecule has 1 aromatic carbocycles. The van der Waals surface area contributed by atoms with Gasteiger partial charge in [-0.1, -0.05) is 0 Å². The van der Waals surface area contributed by atoms with Crippen molar-refractivity contribution in [3.05, 3.63) is 27.8 Å². The molecule has 0 atom stereocenters. The molecule has 0 amide bonds. The monoisotopic (exact) mass is 374 g/mol. The van der Waals surface area contributed by atoms with Crippen LogP contribution in [0.15, 0.2) is 4.90 Å². The first kappa shape index (κ1) is 21.4. The maximum Gasteiger partial charge on any atom is 0.243 e. The summed E-state index contributed by atoms with van der Waals surface area (Å²) in [6, 6.07) is 0. The lowest BCUT2D eigenvalue weighted by Gasteiger charge is -2.32. The average molecular weight is 375 g/mol. The van der Waals surface area contributed by atoms with Gasteiger partial charge in [0.1, 0.15) is 0 Å². The molecule has 6 heteroatoms. The lowest BCUT2D eigenvalue weighted by Crippen LogP contribution is -2.41. The molecule has 0 bridgehead atoms. The van der Waals surface area contributed by atoms with Crippen LogP contribution in [0.4, 0.5) is 0 Å². The highest BCUT2D eigenvalue weighted by atomic mass is 35.5. The quantitative estimate of drug-likeness (QED) is 0.879. The highest BCUT2D eigenvalue weighted by Crippen LogP contribution is 2.33. The molecule has 1 aromatic rings. The summed E-state index contributed by atoms with van der Waals surface area (Å²) in [5.41, 5.74) is 5.20. The summed E-state index contributed by atoms with van der Waals surface area (Å²) in [5.74, 6) is 0.579. The first-order valence-electron chi connectivity index (χ1n) is 8.43. The van der Waals surface area contributed by atoms with E-state index in [1.807, 2.05) is 34.7 Å². The van der Waals surface area contributed by atoms with Crippen LogP contribution in [0, 0.1) is 40.5 Å². The van der Waals surface area contributed by atoms with Crippen LogP contribution in [0.25, 0.3) is 0 Å². The Morgan fingerprint density at radius 3 is 1.75 bits per heavy atom. The number of rotatable bonds is 4. The minimum absolute atomic E-state index is 0. The fourth-order valence-corrected chi connectivity index (χ4v) is 5.65. The molecular weight excluding hydrogens is 344 g/mol. The molecule has 0 radical (unpaired) electrons. The van der Waals surface area contributed by atoms with Gasteiger partial charge < -0.3 is 5.32 Å². The van der Waals surface area contributed by atoms with E-state index in [-0.39, 0.29) is 12.4 Å². The van der Waals surface area contributed by atoms with Crippen molar-refractivity contribution in [1.29, 1.82) is 0 Å². The van der Waals surface area contributed by atoms with Crippen LogP contribution in [0.1, 0.15) is 40.7 Å². The van der Waals surface area contributed by atoms with Crippen molar-refractivity contribution >= 4 is 22.4 Å². The molecule has 1 fully saturated rings.